The maximum absolute atomic E-state index is 5.31. The zero-order valence-corrected chi connectivity index (χ0v) is 9.80. The van der Waals surface area contributed by atoms with Crippen molar-refractivity contribution in [2.45, 2.75) is 25.8 Å². The van der Waals surface area contributed by atoms with Crippen molar-refractivity contribution in [3.63, 3.8) is 0 Å². The molecule has 3 heteroatoms. The Hall–Kier alpha value is -0.540. The van der Waals surface area contributed by atoms with Crippen LogP contribution in [0.2, 0.25) is 0 Å². The van der Waals surface area contributed by atoms with E-state index >= 15 is 0 Å². The van der Waals surface area contributed by atoms with Gasteiger partial charge in [0, 0.05) is 12.6 Å². The van der Waals surface area contributed by atoms with Crippen LogP contribution < -0.4 is 5.32 Å². The van der Waals surface area contributed by atoms with E-state index in [1.165, 1.54) is 18.4 Å². The highest BCUT2D eigenvalue weighted by molar-refractivity contribution is 9.10. The monoisotopic (exact) mass is 255 g/mol. The first-order valence-electron chi connectivity index (χ1n) is 4.89. The summed E-state index contributed by atoms with van der Waals surface area (Å²) >= 11 is 3.43. The molecule has 0 spiro atoms. The second-order valence-electron chi connectivity index (χ2n) is 3.78. The molecule has 0 aliphatic heterocycles. The maximum Gasteiger partial charge on any atom is 0.140 e. The first kappa shape index (κ1) is 9.99. The molecule has 1 saturated carbocycles. The van der Waals surface area contributed by atoms with Gasteiger partial charge in [-0.1, -0.05) is 5.57 Å². The molecule has 0 unspecified atom stereocenters. The van der Waals surface area contributed by atoms with Gasteiger partial charge in [-0.2, -0.15) is 0 Å². The van der Waals surface area contributed by atoms with Crippen LogP contribution in [0.1, 0.15) is 25.5 Å². The molecular weight excluding hydrogens is 242 g/mol. The predicted molar refractivity (Wildman–Crippen MR) is 61.1 cm³/mol. The summed E-state index contributed by atoms with van der Waals surface area (Å²) < 4.78 is 6.32. The van der Waals surface area contributed by atoms with E-state index in [4.69, 9.17) is 4.42 Å². The van der Waals surface area contributed by atoms with Gasteiger partial charge in [-0.25, -0.2) is 0 Å². The van der Waals surface area contributed by atoms with E-state index < -0.39 is 0 Å². The largest absolute Gasteiger partial charge is 0.464 e. The van der Waals surface area contributed by atoms with Gasteiger partial charge < -0.3 is 9.73 Å². The fraction of sp³-hybridized carbons (Fsp3) is 0.455. The van der Waals surface area contributed by atoms with Crippen LogP contribution in [0.4, 0.5) is 0 Å². The Morgan fingerprint density at radius 2 is 2.50 bits per heavy atom. The SMILES string of the molecule is C/C(=C/c1occc1Br)CNC1CC1. The molecule has 1 aromatic rings. The minimum atomic E-state index is 0.762. The van der Waals surface area contributed by atoms with Gasteiger partial charge in [-0.3, -0.25) is 0 Å². The van der Waals surface area contributed by atoms with Crippen molar-refractivity contribution >= 4 is 22.0 Å². The molecule has 14 heavy (non-hydrogen) atoms. The van der Waals surface area contributed by atoms with Gasteiger partial charge in [0.15, 0.2) is 0 Å². The predicted octanol–water partition coefficient (Wildman–Crippen LogP) is 3.20. The lowest BCUT2D eigenvalue weighted by atomic mass is 10.2. The molecule has 2 rings (SSSR count). The first-order valence-corrected chi connectivity index (χ1v) is 5.68. The van der Waals surface area contributed by atoms with Crippen LogP contribution in [0.15, 0.2) is 26.8 Å². The Balaban J connectivity index is 1.91. The Labute approximate surface area is 92.5 Å². The topological polar surface area (TPSA) is 25.2 Å². The van der Waals surface area contributed by atoms with Crippen LogP contribution >= 0.6 is 15.9 Å². The van der Waals surface area contributed by atoms with Gasteiger partial charge in [0.25, 0.3) is 0 Å². The third-order valence-corrected chi connectivity index (χ3v) is 2.92. The van der Waals surface area contributed by atoms with Crippen molar-refractivity contribution in [1.29, 1.82) is 0 Å². The fourth-order valence-electron chi connectivity index (χ4n) is 1.28. The van der Waals surface area contributed by atoms with Crippen molar-refractivity contribution in [2.75, 3.05) is 6.54 Å². The van der Waals surface area contributed by atoms with E-state index in [1.807, 2.05) is 6.07 Å². The summed E-state index contributed by atoms with van der Waals surface area (Å²) in [4.78, 5) is 0. The molecule has 0 amide bonds. The molecule has 76 valence electrons. The average molecular weight is 256 g/mol. The lowest BCUT2D eigenvalue weighted by molar-refractivity contribution is 0.554. The summed E-state index contributed by atoms with van der Waals surface area (Å²) in [5.74, 6) is 0.903. The number of hydrogen-bond donors (Lipinski definition) is 1. The molecule has 1 aliphatic rings. The summed E-state index contributed by atoms with van der Waals surface area (Å²) in [6.45, 7) is 3.07. The highest BCUT2D eigenvalue weighted by Crippen LogP contribution is 2.21. The molecular formula is C11H14BrNO. The molecule has 1 fully saturated rings. The number of furan rings is 1. The van der Waals surface area contributed by atoms with Gasteiger partial charge in [-0.15, -0.1) is 0 Å². The van der Waals surface area contributed by atoms with Gasteiger partial charge >= 0.3 is 0 Å². The van der Waals surface area contributed by atoms with Gasteiger partial charge in [0.2, 0.25) is 0 Å². The van der Waals surface area contributed by atoms with E-state index in [0.717, 1.165) is 22.8 Å². The molecule has 2 nitrogen and oxygen atoms in total. The molecule has 0 aromatic carbocycles. The lowest BCUT2D eigenvalue weighted by Crippen LogP contribution is -2.18. The lowest BCUT2D eigenvalue weighted by Gasteiger charge is -2.01. The fourth-order valence-corrected chi connectivity index (χ4v) is 1.59. The highest BCUT2D eigenvalue weighted by atomic mass is 79.9. The Morgan fingerprint density at radius 1 is 1.71 bits per heavy atom. The van der Waals surface area contributed by atoms with Crippen molar-refractivity contribution in [3.05, 3.63) is 28.1 Å². The molecule has 0 radical (unpaired) electrons. The zero-order chi connectivity index (χ0) is 9.97. The summed E-state index contributed by atoms with van der Waals surface area (Å²) in [5.41, 5.74) is 1.30. The minimum Gasteiger partial charge on any atom is -0.464 e. The summed E-state index contributed by atoms with van der Waals surface area (Å²) in [6, 6.07) is 2.67. The smallest absolute Gasteiger partial charge is 0.140 e. The molecule has 1 aromatic heterocycles. The van der Waals surface area contributed by atoms with Crippen molar-refractivity contribution in [1.82, 2.24) is 5.32 Å². The minimum absolute atomic E-state index is 0.762. The Morgan fingerprint density at radius 3 is 3.07 bits per heavy atom. The van der Waals surface area contributed by atoms with Crippen molar-refractivity contribution in [2.24, 2.45) is 0 Å². The maximum atomic E-state index is 5.31. The molecule has 1 heterocycles. The number of nitrogens with one attached hydrogen (secondary N) is 1. The third-order valence-electron chi connectivity index (χ3n) is 2.27. The highest BCUT2D eigenvalue weighted by Gasteiger charge is 2.19. The Bertz CT molecular complexity index is 339. The van der Waals surface area contributed by atoms with Crippen LogP contribution in [-0.4, -0.2) is 12.6 Å². The molecule has 1 N–H and O–H groups in total. The van der Waals surface area contributed by atoms with Crippen LogP contribution in [0, 0.1) is 0 Å². The van der Waals surface area contributed by atoms with Crippen LogP contribution in [-0.2, 0) is 0 Å². The van der Waals surface area contributed by atoms with E-state index in [-0.39, 0.29) is 0 Å². The van der Waals surface area contributed by atoms with E-state index in [1.54, 1.807) is 6.26 Å². The molecule has 0 saturated heterocycles. The quantitative estimate of drug-likeness (QED) is 0.894. The molecule has 0 bridgehead atoms. The van der Waals surface area contributed by atoms with Crippen LogP contribution in [0.5, 0.6) is 0 Å². The van der Waals surface area contributed by atoms with Crippen molar-refractivity contribution in [3.8, 4) is 0 Å². The number of halogens is 1. The third kappa shape index (κ3) is 2.72. The van der Waals surface area contributed by atoms with E-state index in [2.05, 4.69) is 34.2 Å². The number of rotatable bonds is 4. The van der Waals surface area contributed by atoms with Gasteiger partial charge in [0.1, 0.15) is 5.76 Å². The normalized spacial score (nSPS) is 17.4. The number of hydrogen-bond acceptors (Lipinski definition) is 2. The molecule has 1 aliphatic carbocycles. The second-order valence-corrected chi connectivity index (χ2v) is 4.63. The molecule has 0 atom stereocenters. The van der Waals surface area contributed by atoms with Crippen LogP contribution in [0.3, 0.4) is 0 Å². The average Bonchev–Trinajstić information content (AvgIpc) is 2.90. The summed E-state index contributed by atoms with van der Waals surface area (Å²) in [5, 5.41) is 3.46. The van der Waals surface area contributed by atoms with E-state index in [0.29, 0.717) is 0 Å². The van der Waals surface area contributed by atoms with Gasteiger partial charge in [-0.05, 0) is 47.8 Å². The summed E-state index contributed by atoms with van der Waals surface area (Å²) in [7, 11) is 0. The Kier molecular flexibility index (Phi) is 3.08. The zero-order valence-electron chi connectivity index (χ0n) is 8.22. The van der Waals surface area contributed by atoms with Crippen LogP contribution in [0.25, 0.3) is 6.08 Å². The van der Waals surface area contributed by atoms with Gasteiger partial charge in [0.05, 0.1) is 10.7 Å². The first-order chi connectivity index (χ1) is 6.75. The van der Waals surface area contributed by atoms with E-state index in [9.17, 15) is 0 Å². The second kappa shape index (κ2) is 4.32. The standard InChI is InChI=1S/C11H14BrNO/c1-8(7-13-9-2-3-9)6-11-10(12)4-5-14-11/h4-6,9,13H,2-3,7H2,1H3/b8-6-. The van der Waals surface area contributed by atoms with Crippen molar-refractivity contribution < 1.29 is 4.42 Å². The summed E-state index contributed by atoms with van der Waals surface area (Å²) in [6.07, 6.45) is 6.42.